The summed E-state index contributed by atoms with van der Waals surface area (Å²) in [6.07, 6.45) is 2.83. The van der Waals surface area contributed by atoms with Gasteiger partial charge in [-0.15, -0.1) is 0 Å². The van der Waals surface area contributed by atoms with Gasteiger partial charge in [-0.25, -0.2) is 17.2 Å². The van der Waals surface area contributed by atoms with Gasteiger partial charge in [-0.1, -0.05) is 6.92 Å². The van der Waals surface area contributed by atoms with E-state index in [9.17, 15) is 22.0 Å². The average molecular weight is 360 g/mol. The standard InChI is InChI=1S/C16H22F2N2O3S/c1-11-5-4-8-19(10-11)16(21)12(2)20(24(3,22)23)13-6-7-14(17)15(18)9-13/h6-7,9,11-12H,4-5,8,10H2,1-3H3/t11-,12+/m1/s1. The molecule has 0 saturated carbocycles. The first-order valence-electron chi connectivity index (χ1n) is 7.84. The van der Waals surface area contributed by atoms with E-state index in [1.54, 1.807) is 4.90 Å². The molecule has 1 saturated heterocycles. The van der Waals surface area contributed by atoms with Gasteiger partial charge < -0.3 is 4.90 Å². The molecule has 134 valence electrons. The summed E-state index contributed by atoms with van der Waals surface area (Å²) in [7, 11) is -3.85. The fourth-order valence-electron chi connectivity index (χ4n) is 3.08. The van der Waals surface area contributed by atoms with Gasteiger partial charge in [0.15, 0.2) is 11.6 Å². The van der Waals surface area contributed by atoms with E-state index in [-0.39, 0.29) is 11.6 Å². The Morgan fingerprint density at radius 1 is 1.33 bits per heavy atom. The Kier molecular flexibility index (Phi) is 5.47. The van der Waals surface area contributed by atoms with Crippen LogP contribution >= 0.6 is 0 Å². The Morgan fingerprint density at radius 2 is 2.00 bits per heavy atom. The second-order valence-electron chi connectivity index (χ2n) is 6.36. The van der Waals surface area contributed by atoms with Crippen LogP contribution in [0.25, 0.3) is 0 Å². The van der Waals surface area contributed by atoms with Crippen molar-refractivity contribution in [2.45, 2.75) is 32.7 Å². The number of halogens is 2. The molecule has 5 nitrogen and oxygen atoms in total. The van der Waals surface area contributed by atoms with Crippen LogP contribution in [0.15, 0.2) is 18.2 Å². The molecule has 0 radical (unpaired) electrons. The quantitative estimate of drug-likeness (QED) is 0.828. The van der Waals surface area contributed by atoms with Crippen LogP contribution in [-0.4, -0.2) is 44.6 Å². The third-order valence-corrected chi connectivity index (χ3v) is 5.43. The predicted molar refractivity (Wildman–Crippen MR) is 88.1 cm³/mol. The number of sulfonamides is 1. The molecule has 1 aromatic carbocycles. The maximum absolute atomic E-state index is 13.5. The molecule has 0 aromatic heterocycles. The number of amides is 1. The molecule has 1 fully saturated rings. The van der Waals surface area contributed by atoms with Crippen molar-refractivity contribution in [3.05, 3.63) is 29.8 Å². The summed E-state index contributed by atoms with van der Waals surface area (Å²) in [6.45, 7) is 4.64. The first kappa shape index (κ1) is 18.6. The molecule has 0 aliphatic carbocycles. The fraction of sp³-hybridized carbons (Fsp3) is 0.562. The molecule has 0 bridgehead atoms. The Bertz CT molecular complexity index is 724. The Balaban J connectivity index is 2.33. The highest BCUT2D eigenvalue weighted by Gasteiger charge is 2.33. The van der Waals surface area contributed by atoms with E-state index < -0.39 is 27.7 Å². The summed E-state index contributed by atoms with van der Waals surface area (Å²) >= 11 is 0. The van der Waals surface area contributed by atoms with Crippen LogP contribution < -0.4 is 4.31 Å². The highest BCUT2D eigenvalue weighted by molar-refractivity contribution is 7.92. The van der Waals surface area contributed by atoms with E-state index in [1.807, 2.05) is 6.92 Å². The van der Waals surface area contributed by atoms with Crippen molar-refractivity contribution in [2.24, 2.45) is 5.92 Å². The highest BCUT2D eigenvalue weighted by Crippen LogP contribution is 2.25. The van der Waals surface area contributed by atoms with Crippen LogP contribution in [0.3, 0.4) is 0 Å². The maximum atomic E-state index is 13.5. The van der Waals surface area contributed by atoms with E-state index in [2.05, 4.69) is 0 Å². The van der Waals surface area contributed by atoms with Crippen molar-refractivity contribution >= 4 is 21.6 Å². The SMILES string of the molecule is C[C@@H]1CCCN(C(=O)[C@H](C)N(c2ccc(F)c(F)c2)S(C)(=O)=O)C1. The minimum Gasteiger partial charge on any atom is -0.341 e. The molecule has 2 rings (SSSR count). The molecular weight excluding hydrogens is 338 g/mol. The summed E-state index contributed by atoms with van der Waals surface area (Å²) in [5, 5.41) is 0. The summed E-state index contributed by atoms with van der Waals surface area (Å²) in [6, 6.07) is 1.76. The predicted octanol–water partition coefficient (Wildman–Crippen LogP) is 2.38. The highest BCUT2D eigenvalue weighted by atomic mass is 32.2. The zero-order valence-electron chi connectivity index (χ0n) is 14.0. The number of piperidine rings is 1. The fourth-order valence-corrected chi connectivity index (χ4v) is 4.24. The normalized spacial score (nSPS) is 19.9. The van der Waals surface area contributed by atoms with Crippen molar-refractivity contribution in [2.75, 3.05) is 23.7 Å². The van der Waals surface area contributed by atoms with Crippen molar-refractivity contribution in [3.8, 4) is 0 Å². The second-order valence-corrected chi connectivity index (χ2v) is 8.22. The lowest BCUT2D eigenvalue weighted by atomic mass is 10.00. The van der Waals surface area contributed by atoms with Gasteiger partial charge in [0.25, 0.3) is 0 Å². The molecule has 8 heteroatoms. The van der Waals surface area contributed by atoms with Gasteiger partial charge in [-0.3, -0.25) is 9.10 Å². The Morgan fingerprint density at radius 3 is 2.54 bits per heavy atom. The molecule has 1 amide bonds. The van der Waals surface area contributed by atoms with Gasteiger partial charge in [0.2, 0.25) is 15.9 Å². The molecule has 1 aliphatic rings. The Hall–Kier alpha value is -1.70. The minimum atomic E-state index is -3.85. The number of hydrogen-bond acceptors (Lipinski definition) is 3. The molecule has 0 N–H and O–H groups in total. The summed E-state index contributed by atoms with van der Waals surface area (Å²) < 4.78 is 51.8. The van der Waals surface area contributed by atoms with E-state index in [0.29, 0.717) is 19.0 Å². The maximum Gasteiger partial charge on any atom is 0.246 e. The van der Waals surface area contributed by atoms with Crippen LogP contribution in [0.5, 0.6) is 0 Å². The summed E-state index contributed by atoms with van der Waals surface area (Å²) in [5.41, 5.74) is -0.0673. The van der Waals surface area contributed by atoms with E-state index in [0.717, 1.165) is 41.6 Å². The van der Waals surface area contributed by atoms with E-state index in [4.69, 9.17) is 0 Å². The number of likely N-dealkylation sites (tertiary alicyclic amines) is 1. The third kappa shape index (κ3) is 4.03. The zero-order chi connectivity index (χ0) is 18.1. The van der Waals surface area contributed by atoms with Crippen molar-refractivity contribution in [3.63, 3.8) is 0 Å². The van der Waals surface area contributed by atoms with Crippen molar-refractivity contribution in [1.29, 1.82) is 0 Å². The lowest BCUT2D eigenvalue weighted by Gasteiger charge is -2.36. The smallest absolute Gasteiger partial charge is 0.246 e. The third-order valence-electron chi connectivity index (χ3n) is 4.19. The number of anilines is 1. The largest absolute Gasteiger partial charge is 0.341 e. The molecular formula is C16H22F2N2O3S. The topological polar surface area (TPSA) is 57.7 Å². The van der Waals surface area contributed by atoms with Crippen LogP contribution in [-0.2, 0) is 14.8 Å². The first-order valence-corrected chi connectivity index (χ1v) is 9.69. The van der Waals surface area contributed by atoms with Gasteiger partial charge in [-0.05, 0) is 37.8 Å². The summed E-state index contributed by atoms with van der Waals surface area (Å²) in [5.74, 6) is -2.22. The number of carbonyl (C=O) groups is 1. The monoisotopic (exact) mass is 360 g/mol. The lowest BCUT2D eigenvalue weighted by molar-refractivity contribution is -0.133. The van der Waals surface area contributed by atoms with Crippen molar-refractivity contribution < 1.29 is 22.0 Å². The van der Waals surface area contributed by atoms with E-state index in [1.165, 1.54) is 6.92 Å². The van der Waals surface area contributed by atoms with Crippen LogP contribution in [0.4, 0.5) is 14.5 Å². The molecule has 1 aromatic rings. The van der Waals surface area contributed by atoms with Gasteiger partial charge in [-0.2, -0.15) is 0 Å². The molecule has 24 heavy (non-hydrogen) atoms. The molecule has 0 spiro atoms. The van der Waals surface area contributed by atoms with Crippen LogP contribution in [0.2, 0.25) is 0 Å². The average Bonchev–Trinajstić information content (AvgIpc) is 2.48. The number of rotatable bonds is 4. The molecule has 1 aliphatic heterocycles. The molecule has 2 atom stereocenters. The van der Waals surface area contributed by atoms with Gasteiger partial charge in [0.1, 0.15) is 6.04 Å². The molecule has 0 unspecified atom stereocenters. The first-order chi connectivity index (χ1) is 11.1. The number of hydrogen-bond donors (Lipinski definition) is 0. The second kappa shape index (κ2) is 7.04. The van der Waals surface area contributed by atoms with Crippen LogP contribution in [0, 0.1) is 17.6 Å². The lowest BCUT2D eigenvalue weighted by Crippen LogP contribution is -2.51. The molecule has 1 heterocycles. The number of carbonyl (C=O) groups excluding carboxylic acids is 1. The minimum absolute atomic E-state index is 0.0673. The van der Waals surface area contributed by atoms with Crippen molar-refractivity contribution in [1.82, 2.24) is 4.90 Å². The van der Waals surface area contributed by atoms with Gasteiger partial charge in [0.05, 0.1) is 11.9 Å². The Labute approximate surface area is 141 Å². The van der Waals surface area contributed by atoms with Gasteiger partial charge >= 0.3 is 0 Å². The number of benzene rings is 1. The van der Waals surface area contributed by atoms with Crippen LogP contribution in [0.1, 0.15) is 26.7 Å². The number of nitrogens with zero attached hydrogens (tertiary/aromatic N) is 2. The zero-order valence-corrected chi connectivity index (χ0v) is 14.8. The van der Waals surface area contributed by atoms with Gasteiger partial charge in [0, 0.05) is 19.2 Å². The summed E-state index contributed by atoms with van der Waals surface area (Å²) in [4.78, 5) is 14.3. The van der Waals surface area contributed by atoms with E-state index >= 15 is 0 Å².